The summed E-state index contributed by atoms with van der Waals surface area (Å²) < 4.78 is 0.964. The lowest BCUT2D eigenvalue weighted by molar-refractivity contribution is 1.10. The summed E-state index contributed by atoms with van der Waals surface area (Å²) in [7, 11) is 0. The second-order valence-electron chi connectivity index (χ2n) is 3.02. The molecule has 0 radical (unpaired) electrons. The number of hydrogen-bond acceptors (Lipinski definition) is 4. The van der Waals surface area contributed by atoms with E-state index >= 15 is 0 Å². The van der Waals surface area contributed by atoms with E-state index in [0.717, 1.165) is 27.5 Å². The third-order valence-electron chi connectivity index (χ3n) is 2.01. The van der Waals surface area contributed by atoms with Gasteiger partial charge in [0.05, 0.1) is 10.6 Å². The molecule has 16 heavy (non-hydrogen) atoms. The predicted molar refractivity (Wildman–Crippen MR) is 67.6 cm³/mol. The number of aromatic amines is 1. The van der Waals surface area contributed by atoms with Crippen molar-refractivity contribution in [2.75, 3.05) is 5.73 Å². The van der Waals surface area contributed by atoms with Gasteiger partial charge in [0.2, 0.25) is 0 Å². The molecular formula is C10H7BrN4S. The summed E-state index contributed by atoms with van der Waals surface area (Å²) in [5.41, 5.74) is 7.39. The highest BCUT2D eigenvalue weighted by Gasteiger charge is 2.13. The Labute approximate surface area is 105 Å². The number of nitrogen functional groups attached to an aromatic ring is 1. The fourth-order valence-electron chi connectivity index (χ4n) is 1.33. The van der Waals surface area contributed by atoms with Crippen LogP contribution in [0.4, 0.5) is 5.82 Å². The highest BCUT2D eigenvalue weighted by atomic mass is 79.9. The molecule has 0 aliphatic heterocycles. The number of nitrogens with one attached hydrogen (secondary N) is 1. The monoisotopic (exact) mass is 294 g/mol. The van der Waals surface area contributed by atoms with Crippen LogP contribution >= 0.6 is 27.7 Å². The lowest BCUT2D eigenvalue weighted by Gasteiger charge is -2.00. The van der Waals surface area contributed by atoms with E-state index in [1.165, 1.54) is 0 Å². The zero-order chi connectivity index (χ0) is 11.5. The maximum Gasteiger partial charge on any atom is 0.160 e. The Balaban J connectivity index is 2.52. The Bertz CT molecular complexity index is 558. The van der Waals surface area contributed by atoms with Gasteiger partial charge in [0.15, 0.2) is 5.82 Å². The summed E-state index contributed by atoms with van der Waals surface area (Å²) in [6, 6.07) is 7.71. The Morgan fingerprint density at radius 1 is 1.50 bits per heavy atom. The Kier molecular flexibility index (Phi) is 3.17. The van der Waals surface area contributed by atoms with Crippen molar-refractivity contribution in [2.45, 2.75) is 4.90 Å². The molecule has 6 heteroatoms. The first-order valence-corrected chi connectivity index (χ1v) is 5.99. The Morgan fingerprint density at radius 3 is 3.00 bits per heavy atom. The number of thioether (sulfide) groups is 1. The SMILES string of the molecule is N#CSc1c(N)n[nH]c1-c1cccc(Br)c1. The van der Waals surface area contributed by atoms with Crippen LogP contribution in [0.1, 0.15) is 0 Å². The van der Waals surface area contributed by atoms with Gasteiger partial charge in [-0.05, 0) is 23.9 Å². The van der Waals surface area contributed by atoms with Gasteiger partial charge in [-0.1, -0.05) is 28.1 Å². The van der Waals surface area contributed by atoms with E-state index in [1.54, 1.807) is 0 Å². The number of halogens is 1. The van der Waals surface area contributed by atoms with Gasteiger partial charge in [-0.15, -0.1) is 0 Å². The number of nitrogens with zero attached hydrogens (tertiary/aromatic N) is 2. The molecule has 0 unspecified atom stereocenters. The van der Waals surface area contributed by atoms with Crippen molar-refractivity contribution in [3.05, 3.63) is 28.7 Å². The number of hydrogen-bond donors (Lipinski definition) is 2. The van der Waals surface area contributed by atoms with E-state index in [-0.39, 0.29) is 0 Å². The molecule has 0 fully saturated rings. The second-order valence-corrected chi connectivity index (χ2v) is 4.73. The van der Waals surface area contributed by atoms with E-state index in [4.69, 9.17) is 11.0 Å². The summed E-state index contributed by atoms with van der Waals surface area (Å²) in [5.74, 6) is 0.349. The van der Waals surface area contributed by atoms with E-state index in [9.17, 15) is 0 Å². The van der Waals surface area contributed by atoms with Crippen LogP contribution in [-0.2, 0) is 0 Å². The van der Waals surface area contributed by atoms with Crippen molar-refractivity contribution in [2.24, 2.45) is 0 Å². The molecule has 0 spiro atoms. The maximum atomic E-state index is 8.69. The van der Waals surface area contributed by atoms with Crippen LogP contribution in [0.15, 0.2) is 33.6 Å². The van der Waals surface area contributed by atoms with Crippen molar-refractivity contribution in [1.29, 1.82) is 5.26 Å². The first kappa shape index (κ1) is 11.0. The van der Waals surface area contributed by atoms with Crippen molar-refractivity contribution in [1.82, 2.24) is 10.2 Å². The number of anilines is 1. The van der Waals surface area contributed by atoms with Gasteiger partial charge in [0.25, 0.3) is 0 Å². The van der Waals surface area contributed by atoms with E-state index < -0.39 is 0 Å². The number of rotatable bonds is 2. The molecule has 4 nitrogen and oxygen atoms in total. The summed E-state index contributed by atoms with van der Waals surface area (Å²) >= 11 is 4.40. The number of benzene rings is 1. The van der Waals surface area contributed by atoms with Crippen molar-refractivity contribution < 1.29 is 0 Å². The van der Waals surface area contributed by atoms with Gasteiger partial charge in [-0.3, -0.25) is 5.10 Å². The lowest BCUT2D eigenvalue weighted by Crippen LogP contribution is -1.85. The normalized spacial score (nSPS) is 10.0. The van der Waals surface area contributed by atoms with Crippen LogP contribution in [0.3, 0.4) is 0 Å². The molecule has 0 amide bonds. The summed E-state index contributed by atoms with van der Waals surface area (Å²) in [6.07, 6.45) is 0. The van der Waals surface area contributed by atoms with Gasteiger partial charge in [-0.2, -0.15) is 10.4 Å². The fourth-order valence-corrected chi connectivity index (χ4v) is 2.24. The largest absolute Gasteiger partial charge is 0.381 e. The van der Waals surface area contributed by atoms with Gasteiger partial charge in [0, 0.05) is 10.0 Å². The Morgan fingerprint density at radius 2 is 2.31 bits per heavy atom. The third kappa shape index (κ3) is 2.05. The highest BCUT2D eigenvalue weighted by Crippen LogP contribution is 2.34. The topological polar surface area (TPSA) is 78.5 Å². The lowest BCUT2D eigenvalue weighted by atomic mass is 10.1. The molecule has 0 atom stereocenters. The molecule has 0 saturated heterocycles. The molecule has 2 aromatic rings. The zero-order valence-corrected chi connectivity index (χ0v) is 10.5. The van der Waals surface area contributed by atoms with Crippen LogP contribution in [0.2, 0.25) is 0 Å². The highest BCUT2D eigenvalue weighted by molar-refractivity contribution is 9.10. The van der Waals surface area contributed by atoms with Gasteiger partial charge >= 0.3 is 0 Å². The summed E-state index contributed by atoms with van der Waals surface area (Å²) in [4.78, 5) is 0.667. The predicted octanol–water partition coefficient (Wildman–Crippen LogP) is 2.99. The minimum absolute atomic E-state index is 0.349. The van der Waals surface area contributed by atoms with Crippen molar-refractivity contribution in [3.63, 3.8) is 0 Å². The number of nitrogens with two attached hydrogens (primary N) is 1. The summed E-state index contributed by atoms with van der Waals surface area (Å²) in [5, 5.41) is 17.4. The van der Waals surface area contributed by atoms with Crippen LogP contribution in [0.5, 0.6) is 0 Å². The molecule has 2 rings (SSSR count). The zero-order valence-electron chi connectivity index (χ0n) is 8.07. The van der Waals surface area contributed by atoms with Gasteiger partial charge in [0.1, 0.15) is 5.40 Å². The minimum Gasteiger partial charge on any atom is -0.381 e. The molecule has 0 saturated carbocycles. The van der Waals surface area contributed by atoms with Crippen LogP contribution in [0, 0.1) is 10.7 Å². The molecule has 0 aliphatic rings. The third-order valence-corrected chi connectivity index (χ3v) is 3.21. The van der Waals surface area contributed by atoms with Crippen molar-refractivity contribution >= 4 is 33.5 Å². The van der Waals surface area contributed by atoms with Gasteiger partial charge in [-0.25, -0.2) is 0 Å². The Hall–Kier alpha value is -1.45. The number of aromatic nitrogens is 2. The molecule has 80 valence electrons. The van der Waals surface area contributed by atoms with Gasteiger partial charge < -0.3 is 5.73 Å². The standard InChI is InChI=1S/C10H7BrN4S/c11-7-3-1-2-6(4-7)8-9(16-5-12)10(13)15-14-8/h1-4H,(H3,13,14,15). The molecule has 0 aliphatic carbocycles. The van der Waals surface area contributed by atoms with E-state index in [0.29, 0.717) is 10.7 Å². The first-order valence-electron chi connectivity index (χ1n) is 4.38. The maximum absolute atomic E-state index is 8.69. The average Bonchev–Trinajstić information content (AvgIpc) is 2.61. The van der Waals surface area contributed by atoms with Crippen molar-refractivity contribution in [3.8, 4) is 16.7 Å². The molecule has 3 N–H and O–H groups in total. The van der Waals surface area contributed by atoms with Crippen LogP contribution in [0.25, 0.3) is 11.3 Å². The summed E-state index contributed by atoms with van der Waals surface area (Å²) in [6.45, 7) is 0. The first-order chi connectivity index (χ1) is 7.72. The van der Waals surface area contributed by atoms with Crippen LogP contribution < -0.4 is 5.73 Å². The molecule has 1 aromatic carbocycles. The second kappa shape index (κ2) is 4.60. The number of nitriles is 1. The fraction of sp³-hybridized carbons (Fsp3) is 0. The quantitative estimate of drug-likeness (QED) is 0.659. The minimum atomic E-state index is 0.349. The molecule has 1 aromatic heterocycles. The molecule has 1 heterocycles. The van der Waals surface area contributed by atoms with E-state index in [1.807, 2.05) is 29.7 Å². The molecular weight excluding hydrogens is 288 g/mol. The van der Waals surface area contributed by atoms with Crippen LogP contribution in [-0.4, -0.2) is 10.2 Å². The van der Waals surface area contributed by atoms with E-state index in [2.05, 4.69) is 26.1 Å². The average molecular weight is 295 g/mol. The smallest absolute Gasteiger partial charge is 0.160 e. The number of H-pyrrole nitrogens is 1. The molecule has 0 bridgehead atoms. The number of thiocyanates is 1.